The number of hydrogen-bond donors (Lipinski definition) is 0. The fourth-order valence-electron chi connectivity index (χ4n) is 4.17. The highest BCUT2D eigenvalue weighted by Gasteiger charge is 2.46. The van der Waals surface area contributed by atoms with Crippen molar-refractivity contribution in [3.05, 3.63) is 51.4 Å². The van der Waals surface area contributed by atoms with E-state index in [9.17, 15) is 4.79 Å². The molecule has 0 radical (unpaired) electrons. The molecule has 0 saturated carbocycles. The predicted molar refractivity (Wildman–Crippen MR) is 101 cm³/mol. The van der Waals surface area contributed by atoms with Crippen LogP contribution in [0.4, 0.5) is 0 Å². The topological polar surface area (TPSA) is 38.1 Å². The van der Waals surface area contributed by atoms with E-state index < -0.39 is 0 Å². The van der Waals surface area contributed by atoms with Gasteiger partial charge in [-0.05, 0) is 36.9 Å². The van der Waals surface area contributed by atoms with Crippen LogP contribution in [0.2, 0.25) is 0 Å². The maximum Gasteiger partial charge on any atom is 0.263 e. The molecule has 0 aromatic carbocycles. The van der Waals surface area contributed by atoms with Gasteiger partial charge >= 0.3 is 0 Å². The van der Waals surface area contributed by atoms with Crippen molar-refractivity contribution in [3.63, 3.8) is 0 Å². The summed E-state index contributed by atoms with van der Waals surface area (Å²) in [6.07, 6.45) is 4.04. The van der Waals surface area contributed by atoms with E-state index in [0.717, 1.165) is 37.4 Å². The average molecular weight is 370 g/mol. The predicted octanol–water partition coefficient (Wildman–Crippen LogP) is 4.07. The molecule has 0 N–H and O–H groups in total. The van der Waals surface area contributed by atoms with Crippen molar-refractivity contribution in [2.24, 2.45) is 5.41 Å². The van der Waals surface area contributed by atoms with Gasteiger partial charge in [-0.15, -0.1) is 22.7 Å². The summed E-state index contributed by atoms with van der Waals surface area (Å²) in [4.78, 5) is 22.8. The molecule has 1 unspecified atom stereocenters. The van der Waals surface area contributed by atoms with Crippen LogP contribution < -0.4 is 0 Å². The van der Waals surface area contributed by atoms with Crippen LogP contribution in [0.3, 0.4) is 0 Å². The van der Waals surface area contributed by atoms with Crippen LogP contribution in [0.15, 0.2) is 35.8 Å². The molecule has 3 aromatic heterocycles. The SMILES string of the molecule is Cc1ccc(C(=O)N2CCC3(Cc4ncc(-c5cccs5)n4C3)C2)s1. The minimum atomic E-state index is 0.164. The zero-order valence-corrected chi connectivity index (χ0v) is 15.7. The highest BCUT2D eigenvalue weighted by Crippen LogP contribution is 2.43. The van der Waals surface area contributed by atoms with E-state index in [2.05, 4.69) is 34.0 Å². The van der Waals surface area contributed by atoms with Gasteiger partial charge in [0, 0.05) is 36.3 Å². The van der Waals surface area contributed by atoms with Crippen LogP contribution in [0.25, 0.3) is 10.6 Å². The Bertz CT molecular complexity index is 940. The summed E-state index contributed by atoms with van der Waals surface area (Å²) in [6.45, 7) is 4.72. The Kier molecular flexibility index (Phi) is 3.40. The Hall–Kier alpha value is -1.92. The van der Waals surface area contributed by atoms with Crippen LogP contribution in [0, 0.1) is 12.3 Å². The summed E-state index contributed by atoms with van der Waals surface area (Å²) in [6, 6.07) is 8.23. The van der Waals surface area contributed by atoms with E-state index in [1.807, 2.05) is 23.2 Å². The number of carbonyl (C=O) groups is 1. The van der Waals surface area contributed by atoms with E-state index in [-0.39, 0.29) is 11.3 Å². The van der Waals surface area contributed by atoms with Crippen LogP contribution in [-0.4, -0.2) is 33.4 Å². The maximum atomic E-state index is 12.8. The Morgan fingerprint density at radius 3 is 2.96 bits per heavy atom. The number of carbonyl (C=O) groups excluding carboxylic acids is 1. The molecular weight excluding hydrogens is 350 g/mol. The second kappa shape index (κ2) is 5.54. The van der Waals surface area contributed by atoms with Gasteiger partial charge in [-0.2, -0.15) is 0 Å². The standard InChI is InChI=1S/C19H19N3OS2/c1-13-4-5-16(25-13)18(23)21-7-6-19(11-21)9-17-20-10-14(22(17)12-19)15-3-2-8-24-15/h2-5,8,10H,6-7,9,11-12H2,1H3. The molecule has 2 aliphatic heterocycles. The molecule has 0 aliphatic carbocycles. The lowest BCUT2D eigenvalue weighted by Gasteiger charge is -2.23. The molecule has 1 fully saturated rings. The number of likely N-dealkylation sites (tertiary alicyclic amines) is 1. The number of imidazole rings is 1. The zero-order chi connectivity index (χ0) is 17.0. The quantitative estimate of drug-likeness (QED) is 0.683. The largest absolute Gasteiger partial charge is 0.337 e. The second-order valence-electron chi connectivity index (χ2n) is 7.19. The Balaban J connectivity index is 1.37. The van der Waals surface area contributed by atoms with Gasteiger partial charge in [0.25, 0.3) is 5.91 Å². The van der Waals surface area contributed by atoms with Gasteiger partial charge in [0.15, 0.2) is 0 Å². The highest BCUT2D eigenvalue weighted by atomic mass is 32.1. The number of fused-ring (bicyclic) bond motifs is 1. The van der Waals surface area contributed by atoms with Crippen molar-refractivity contribution in [2.75, 3.05) is 13.1 Å². The maximum absolute atomic E-state index is 12.8. The van der Waals surface area contributed by atoms with Crippen LogP contribution >= 0.6 is 22.7 Å². The summed E-state index contributed by atoms with van der Waals surface area (Å²) in [7, 11) is 0. The van der Waals surface area contributed by atoms with Gasteiger partial charge in [-0.1, -0.05) is 6.07 Å². The van der Waals surface area contributed by atoms with E-state index in [0.29, 0.717) is 0 Å². The number of aryl methyl sites for hydroxylation is 1. The molecule has 4 nitrogen and oxygen atoms in total. The van der Waals surface area contributed by atoms with Gasteiger partial charge in [-0.3, -0.25) is 4.79 Å². The van der Waals surface area contributed by atoms with Crippen LogP contribution in [0.1, 0.15) is 26.8 Å². The molecule has 6 heteroatoms. The first-order valence-electron chi connectivity index (χ1n) is 8.58. The molecule has 1 saturated heterocycles. The summed E-state index contributed by atoms with van der Waals surface area (Å²) in [5.41, 5.74) is 1.39. The first-order valence-corrected chi connectivity index (χ1v) is 10.3. The highest BCUT2D eigenvalue weighted by molar-refractivity contribution is 7.14. The van der Waals surface area contributed by atoms with Gasteiger partial charge in [0.2, 0.25) is 0 Å². The van der Waals surface area contributed by atoms with Crippen LogP contribution in [0.5, 0.6) is 0 Å². The summed E-state index contributed by atoms with van der Waals surface area (Å²) >= 11 is 3.35. The van der Waals surface area contributed by atoms with Crippen molar-refractivity contribution in [2.45, 2.75) is 26.3 Å². The molecule has 0 bridgehead atoms. The lowest BCUT2D eigenvalue weighted by Crippen LogP contribution is -2.32. The van der Waals surface area contributed by atoms with Gasteiger partial charge < -0.3 is 9.47 Å². The molecule has 2 aliphatic rings. The van der Waals surface area contributed by atoms with E-state index in [4.69, 9.17) is 0 Å². The molecule has 1 atom stereocenters. The first-order chi connectivity index (χ1) is 12.1. The summed E-state index contributed by atoms with van der Waals surface area (Å²) in [5.74, 6) is 1.36. The number of nitrogens with zero attached hydrogens (tertiary/aromatic N) is 3. The normalized spacial score (nSPS) is 22.0. The lowest BCUT2D eigenvalue weighted by molar-refractivity contribution is 0.0776. The number of hydrogen-bond acceptors (Lipinski definition) is 4. The van der Waals surface area contributed by atoms with Crippen LogP contribution in [-0.2, 0) is 13.0 Å². The Morgan fingerprint density at radius 1 is 1.28 bits per heavy atom. The van der Waals surface area contributed by atoms with Crippen molar-refractivity contribution < 1.29 is 4.79 Å². The monoisotopic (exact) mass is 369 g/mol. The number of aromatic nitrogens is 2. The van der Waals surface area contributed by atoms with Gasteiger partial charge in [0.1, 0.15) is 5.82 Å². The molecule has 1 amide bonds. The minimum Gasteiger partial charge on any atom is -0.337 e. The molecule has 128 valence electrons. The zero-order valence-electron chi connectivity index (χ0n) is 14.1. The Labute approximate surface area is 154 Å². The minimum absolute atomic E-state index is 0.164. The van der Waals surface area contributed by atoms with Crippen molar-refractivity contribution >= 4 is 28.6 Å². The second-order valence-corrected chi connectivity index (χ2v) is 9.42. The molecule has 5 heterocycles. The number of amides is 1. The summed E-state index contributed by atoms with van der Waals surface area (Å²) in [5, 5.41) is 2.11. The average Bonchev–Trinajstić information content (AvgIpc) is 3.36. The molecule has 5 rings (SSSR count). The van der Waals surface area contributed by atoms with E-state index in [1.165, 1.54) is 21.3 Å². The molecule has 1 spiro atoms. The van der Waals surface area contributed by atoms with Crippen molar-refractivity contribution in [1.82, 2.24) is 14.5 Å². The smallest absolute Gasteiger partial charge is 0.263 e. The molecule has 3 aromatic rings. The molecular formula is C19H19N3OS2. The van der Waals surface area contributed by atoms with E-state index >= 15 is 0 Å². The van der Waals surface area contributed by atoms with Gasteiger partial charge in [-0.25, -0.2) is 4.98 Å². The molecule has 25 heavy (non-hydrogen) atoms. The third-order valence-electron chi connectivity index (χ3n) is 5.42. The van der Waals surface area contributed by atoms with Crippen molar-refractivity contribution in [1.29, 1.82) is 0 Å². The van der Waals surface area contributed by atoms with E-state index in [1.54, 1.807) is 22.7 Å². The van der Waals surface area contributed by atoms with Gasteiger partial charge in [0.05, 0.1) is 21.6 Å². The summed E-state index contributed by atoms with van der Waals surface area (Å²) < 4.78 is 2.37. The fourth-order valence-corrected chi connectivity index (χ4v) is 5.75. The third kappa shape index (κ3) is 2.47. The third-order valence-corrected chi connectivity index (χ3v) is 7.30. The lowest BCUT2D eigenvalue weighted by atomic mass is 9.86. The fraction of sp³-hybridized carbons (Fsp3) is 0.368. The number of rotatable bonds is 2. The number of thiophene rings is 2. The van der Waals surface area contributed by atoms with Crippen molar-refractivity contribution in [3.8, 4) is 10.6 Å². The first kappa shape index (κ1) is 15.3. The Morgan fingerprint density at radius 2 is 2.20 bits per heavy atom.